The van der Waals surface area contributed by atoms with Gasteiger partial charge < -0.3 is 10.3 Å². The highest BCUT2D eigenvalue weighted by Crippen LogP contribution is 2.25. The number of H-pyrrole nitrogens is 1. The van der Waals surface area contributed by atoms with Gasteiger partial charge in [0.25, 0.3) is 0 Å². The fourth-order valence-electron chi connectivity index (χ4n) is 2.29. The minimum absolute atomic E-state index is 0.0818. The molecule has 0 saturated heterocycles. The molecule has 1 fully saturated rings. The van der Waals surface area contributed by atoms with Crippen molar-refractivity contribution in [2.75, 3.05) is 6.26 Å². The van der Waals surface area contributed by atoms with Crippen LogP contribution in [0, 0.1) is 0 Å². The second-order valence-corrected chi connectivity index (χ2v) is 6.63. The fraction of sp³-hybridized carbons (Fsp3) is 0.700. The van der Waals surface area contributed by atoms with Crippen molar-refractivity contribution in [2.45, 2.75) is 37.1 Å². The molecule has 0 spiro atoms. The molecule has 0 amide bonds. The smallest absolute Gasteiger partial charge is 0.151 e. The van der Waals surface area contributed by atoms with Crippen molar-refractivity contribution in [1.82, 2.24) is 15.3 Å². The predicted molar refractivity (Wildman–Crippen MR) is 61.7 cm³/mol. The molecule has 0 radical (unpaired) electrons. The Morgan fingerprint density at radius 3 is 3.00 bits per heavy atom. The molecule has 1 heterocycles. The van der Waals surface area contributed by atoms with Gasteiger partial charge in [-0.15, -0.1) is 0 Å². The van der Waals surface area contributed by atoms with E-state index in [2.05, 4.69) is 15.3 Å². The van der Waals surface area contributed by atoms with E-state index in [1.54, 1.807) is 12.5 Å². The van der Waals surface area contributed by atoms with Crippen LogP contribution in [0.25, 0.3) is 0 Å². The fourth-order valence-corrected chi connectivity index (χ4v) is 3.72. The summed E-state index contributed by atoms with van der Waals surface area (Å²) in [7, 11) is -2.93. The van der Waals surface area contributed by atoms with Crippen molar-refractivity contribution in [1.29, 1.82) is 0 Å². The summed E-state index contributed by atoms with van der Waals surface area (Å²) in [6.45, 7) is 0.649. The average molecular weight is 243 g/mol. The van der Waals surface area contributed by atoms with Crippen LogP contribution in [0.2, 0.25) is 0 Å². The van der Waals surface area contributed by atoms with Crippen LogP contribution in [-0.2, 0) is 16.4 Å². The highest BCUT2D eigenvalue weighted by Gasteiger charge is 2.34. The van der Waals surface area contributed by atoms with Gasteiger partial charge in [0.15, 0.2) is 9.84 Å². The number of imidazole rings is 1. The number of nitrogens with zero attached hydrogens (tertiary/aromatic N) is 1. The number of nitrogens with one attached hydrogen (secondary N) is 2. The van der Waals surface area contributed by atoms with Crippen LogP contribution >= 0.6 is 0 Å². The van der Waals surface area contributed by atoms with Gasteiger partial charge in [0, 0.05) is 30.7 Å². The number of sulfone groups is 1. The molecule has 1 aliphatic rings. The molecule has 1 saturated carbocycles. The Morgan fingerprint density at radius 1 is 1.56 bits per heavy atom. The quantitative estimate of drug-likeness (QED) is 0.806. The zero-order chi connectivity index (χ0) is 11.6. The largest absolute Gasteiger partial charge is 0.347 e. The van der Waals surface area contributed by atoms with Gasteiger partial charge >= 0.3 is 0 Å². The Hall–Kier alpha value is -0.880. The van der Waals surface area contributed by atoms with Crippen LogP contribution in [0.5, 0.6) is 0 Å². The van der Waals surface area contributed by atoms with Crippen LogP contribution in [0.3, 0.4) is 0 Å². The number of rotatable bonds is 4. The predicted octanol–water partition coefficient (Wildman–Crippen LogP) is 0.465. The van der Waals surface area contributed by atoms with E-state index in [0.717, 1.165) is 25.0 Å². The van der Waals surface area contributed by atoms with E-state index in [4.69, 9.17) is 0 Å². The van der Waals surface area contributed by atoms with Crippen molar-refractivity contribution >= 4 is 9.84 Å². The minimum atomic E-state index is -2.93. The van der Waals surface area contributed by atoms with Crippen LogP contribution in [0.1, 0.15) is 25.0 Å². The Kier molecular flexibility index (Phi) is 3.30. The first-order chi connectivity index (χ1) is 7.57. The number of aromatic nitrogens is 2. The molecule has 16 heavy (non-hydrogen) atoms. The van der Waals surface area contributed by atoms with Gasteiger partial charge in [-0.2, -0.15) is 0 Å². The van der Waals surface area contributed by atoms with Crippen LogP contribution in [-0.4, -0.2) is 35.9 Å². The Bertz CT molecular complexity index is 427. The molecule has 90 valence electrons. The van der Waals surface area contributed by atoms with E-state index in [1.807, 2.05) is 0 Å². The Balaban J connectivity index is 1.94. The van der Waals surface area contributed by atoms with Crippen molar-refractivity contribution < 1.29 is 8.42 Å². The average Bonchev–Trinajstić information content (AvgIpc) is 2.85. The van der Waals surface area contributed by atoms with Gasteiger partial charge in [0.05, 0.1) is 11.6 Å². The lowest BCUT2D eigenvalue weighted by Crippen LogP contribution is -2.39. The van der Waals surface area contributed by atoms with Gasteiger partial charge in [-0.3, -0.25) is 0 Å². The van der Waals surface area contributed by atoms with Crippen molar-refractivity contribution in [2.24, 2.45) is 0 Å². The van der Waals surface area contributed by atoms with E-state index in [9.17, 15) is 8.42 Å². The molecule has 1 aliphatic carbocycles. The third-order valence-corrected chi connectivity index (χ3v) is 4.78. The van der Waals surface area contributed by atoms with E-state index >= 15 is 0 Å². The number of hydrogen-bond donors (Lipinski definition) is 2. The third kappa shape index (κ3) is 2.62. The number of aromatic amines is 1. The summed E-state index contributed by atoms with van der Waals surface area (Å²) in [6.07, 6.45) is 7.40. The second kappa shape index (κ2) is 4.55. The molecular weight excluding hydrogens is 226 g/mol. The van der Waals surface area contributed by atoms with Crippen molar-refractivity contribution in [3.63, 3.8) is 0 Å². The van der Waals surface area contributed by atoms with Crippen LogP contribution < -0.4 is 5.32 Å². The SMILES string of the molecule is CS(=O)(=O)C1CCCC1NCc1cnc[nH]1. The second-order valence-electron chi connectivity index (χ2n) is 4.36. The van der Waals surface area contributed by atoms with E-state index < -0.39 is 9.84 Å². The zero-order valence-electron chi connectivity index (χ0n) is 9.31. The highest BCUT2D eigenvalue weighted by molar-refractivity contribution is 7.91. The number of hydrogen-bond acceptors (Lipinski definition) is 4. The van der Waals surface area contributed by atoms with Gasteiger partial charge in [0.2, 0.25) is 0 Å². The maximum absolute atomic E-state index is 11.5. The van der Waals surface area contributed by atoms with Gasteiger partial charge in [-0.05, 0) is 12.8 Å². The van der Waals surface area contributed by atoms with E-state index in [0.29, 0.717) is 6.54 Å². The first kappa shape index (κ1) is 11.6. The molecule has 0 aliphatic heterocycles. The topological polar surface area (TPSA) is 74.8 Å². The normalized spacial score (nSPS) is 26.1. The maximum atomic E-state index is 11.5. The molecule has 2 atom stereocenters. The minimum Gasteiger partial charge on any atom is -0.347 e. The molecule has 6 heteroatoms. The first-order valence-corrected chi connectivity index (χ1v) is 7.42. The third-order valence-electron chi connectivity index (χ3n) is 3.11. The molecule has 2 rings (SSSR count). The van der Waals surface area contributed by atoms with E-state index in [-0.39, 0.29) is 11.3 Å². The van der Waals surface area contributed by atoms with Crippen LogP contribution in [0.15, 0.2) is 12.5 Å². The molecular formula is C10H17N3O2S. The van der Waals surface area contributed by atoms with Gasteiger partial charge in [-0.1, -0.05) is 6.42 Å². The molecule has 2 N–H and O–H groups in total. The molecule has 2 unspecified atom stereocenters. The molecule has 1 aromatic heterocycles. The summed E-state index contributed by atoms with van der Waals surface area (Å²) >= 11 is 0. The maximum Gasteiger partial charge on any atom is 0.151 e. The monoisotopic (exact) mass is 243 g/mol. The molecule has 0 bridgehead atoms. The summed E-state index contributed by atoms with van der Waals surface area (Å²) in [6, 6.07) is 0.0818. The molecule has 1 aromatic rings. The summed E-state index contributed by atoms with van der Waals surface area (Å²) < 4.78 is 23.1. The van der Waals surface area contributed by atoms with E-state index in [1.165, 1.54) is 6.26 Å². The lowest BCUT2D eigenvalue weighted by atomic mass is 10.2. The van der Waals surface area contributed by atoms with Crippen molar-refractivity contribution in [3.05, 3.63) is 18.2 Å². The van der Waals surface area contributed by atoms with Gasteiger partial charge in [0.1, 0.15) is 0 Å². The summed E-state index contributed by atoms with van der Waals surface area (Å²) in [5.41, 5.74) is 0.985. The first-order valence-electron chi connectivity index (χ1n) is 5.47. The zero-order valence-corrected chi connectivity index (χ0v) is 10.1. The lowest BCUT2D eigenvalue weighted by Gasteiger charge is -2.18. The lowest BCUT2D eigenvalue weighted by molar-refractivity contribution is 0.504. The van der Waals surface area contributed by atoms with Crippen molar-refractivity contribution in [3.8, 4) is 0 Å². The summed E-state index contributed by atoms with van der Waals surface area (Å²) in [5, 5.41) is 3.06. The standard InChI is InChI=1S/C10H17N3O2S/c1-16(14,15)10-4-2-3-9(10)12-6-8-5-11-7-13-8/h5,7,9-10,12H,2-4,6H2,1H3,(H,11,13). The molecule has 5 nitrogen and oxygen atoms in total. The van der Waals surface area contributed by atoms with Crippen LogP contribution in [0.4, 0.5) is 0 Å². The van der Waals surface area contributed by atoms with Gasteiger partial charge in [-0.25, -0.2) is 13.4 Å². The highest BCUT2D eigenvalue weighted by atomic mass is 32.2. The summed E-state index contributed by atoms with van der Waals surface area (Å²) in [5.74, 6) is 0. The Labute approximate surface area is 95.6 Å². The summed E-state index contributed by atoms with van der Waals surface area (Å²) in [4.78, 5) is 6.91. The molecule has 0 aromatic carbocycles. The Morgan fingerprint density at radius 2 is 2.38 bits per heavy atom.